The number of hydrogen-bond acceptors (Lipinski definition) is 3. The first-order valence-corrected chi connectivity index (χ1v) is 6.08. The lowest BCUT2D eigenvalue weighted by molar-refractivity contribution is -0.120. The summed E-state index contributed by atoms with van der Waals surface area (Å²) in [5.74, 6) is 0.620. The summed E-state index contributed by atoms with van der Waals surface area (Å²) in [6.07, 6.45) is 0.823. The Bertz CT molecular complexity index is 561. The van der Waals surface area contributed by atoms with E-state index in [0.29, 0.717) is 6.54 Å². The molecule has 0 fully saturated rings. The van der Waals surface area contributed by atoms with Gasteiger partial charge in [-0.1, -0.05) is 19.1 Å². The minimum atomic E-state index is -0.382. The van der Waals surface area contributed by atoms with E-state index in [1.54, 1.807) is 7.05 Å². The molecule has 2 aromatic rings. The third kappa shape index (κ3) is 2.22. The molecule has 1 unspecified atom stereocenters. The van der Waals surface area contributed by atoms with Crippen LogP contribution in [0.15, 0.2) is 24.3 Å². The van der Waals surface area contributed by atoms with Crippen molar-refractivity contribution in [1.29, 1.82) is 0 Å². The Labute approximate surface area is 106 Å². The zero-order valence-corrected chi connectivity index (χ0v) is 10.7. The highest BCUT2D eigenvalue weighted by molar-refractivity contribution is 5.80. The van der Waals surface area contributed by atoms with Crippen LogP contribution in [0.3, 0.4) is 0 Å². The van der Waals surface area contributed by atoms with Gasteiger partial charge in [0.1, 0.15) is 11.9 Å². The Morgan fingerprint density at radius 3 is 2.83 bits per heavy atom. The zero-order valence-electron chi connectivity index (χ0n) is 10.7. The van der Waals surface area contributed by atoms with Gasteiger partial charge in [-0.3, -0.25) is 4.79 Å². The molecule has 0 saturated carbocycles. The maximum Gasteiger partial charge on any atom is 0.236 e. The average Bonchev–Trinajstić information content (AvgIpc) is 2.73. The number of rotatable bonds is 5. The number of nitrogens with zero attached hydrogens (tertiary/aromatic N) is 2. The lowest BCUT2D eigenvalue weighted by atomic mass is 10.2. The number of likely N-dealkylation sites (N-methyl/N-ethyl adjacent to an activating group) is 1. The highest BCUT2D eigenvalue weighted by atomic mass is 16.1. The Morgan fingerprint density at radius 1 is 1.50 bits per heavy atom. The van der Waals surface area contributed by atoms with E-state index in [1.807, 2.05) is 24.3 Å². The molecule has 5 heteroatoms. The van der Waals surface area contributed by atoms with Crippen molar-refractivity contribution < 1.29 is 4.79 Å². The second-order valence-corrected chi connectivity index (χ2v) is 4.22. The molecule has 1 amide bonds. The van der Waals surface area contributed by atoms with Gasteiger partial charge in [-0.15, -0.1) is 0 Å². The molecule has 1 atom stereocenters. The second kappa shape index (κ2) is 5.18. The minimum Gasteiger partial charge on any atom is -0.368 e. The highest BCUT2D eigenvalue weighted by Crippen LogP contribution is 2.16. The number of benzene rings is 1. The van der Waals surface area contributed by atoms with Gasteiger partial charge < -0.3 is 15.6 Å². The largest absolute Gasteiger partial charge is 0.368 e. The highest BCUT2D eigenvalue weighted by Gasteiger charge is 2.17. The van der Waals surface area contributed by atoms with Gasteiger partial charge in [-0.25, -0.2) is 4.98 Å². The van der Waals surface area contributed by atoms with Crippen molar-refractivity contribution in [3.63, 3.8) is 0 Å². The number of carbonyl (C=O) groups is 1. The molecule has 0 aliphatic carbocycles. The molecule has 1 aromatic heterocycles. The van der Waals surface area contributed by atoms with Gasteiger partial charge in [0.25, 0.3) is 0 Å². The molecule has 1 heterocycles. The fraction of sp³-hybridized carbons (Fsp3) is 0.385. The number of fused-ring (bicyclic) bond motifs is 1. The molecule has 0 radical (unpaired) electrons. The van der Waals surface area contributed by atoms with Crippen molar-refractivity contribution in [1.82, 2.24) is 14.9 Å². The van der Waals surface area contributed by atoms with E-state index in [1.165, 1.54) is 0 Å². The normalized spacial score (nSPS) is 12.8. The van der Waals surface area contributed by atoms with E-state index in [-0.39, 0.29) is 11.9 Å². The van der Waals surface area contributed by atoms with E-state index in [9.17, 15) is 4.79 Å². The minimum absolute atomic E-state index is 0.350. The lowest BCUT2D eigenvalue weighted by Gasteiger charge is -2.15. The standard InChI is InChI=1S/C13H18N4O/c1-3-12-16-9-6-4-5-7-11(9)17(12)8-10(15-2)13(14)18/h4-7,10,15H,3,8H2,1-2H3,(H2,14,18). The number of para-hydroxylation sites is 2. The average molecular weight is 246 g/mol. The van der Waals surface area contributed by atoms with Gasteiger partial charge in [0, 0.05) is 13.0 Å². The van der Waals surface area contributed by atoms with Crippen LogP contribution in [0, 0.1) is 0 Å². The lowest BCUT2D eigenvalue weighted by Crippen LogP contribution is -2.42. The van der Waals surface area contributed by atoms with Gasteiger partial charge in [0.15, 0.2) is 0 Å². The molecule has 0 bridgehead atoms. The van der Waals surface area contributed by atoms with Crippen LogP contribution in [0.25, 0.3) is 11.0 Å². The zero-order chi connectivity index (χ0) is 13.1. The van der Waals surface area contributed by atoms with E-state index in [2.05, 4.69) is 21.8 Å². The number of aromatic nitrogens is 2. The number of imidazole rings is 1. The first-order valence-electron chi connectivity index (χ1n) is 6.08. The van der Waals surface area contributed by atoms with Crippen LogP contribution in [0.2, 0.25) is 0 Å². The number of aryl methyl sites for hydroxylation is 1. The molecule has 0 aliphatic rings. The van der Waals surface area contributed by atoms with Gasteiger partial charge in [0.2, 0.25) is 5.91 Å². The number of primary amides is 1. The molecule has 2 rings (SSSR count). The summed E-state index contributed by atoms with van der Waals surface area (Å²) in [7, 11) is 1.74. The van der Waals surface area contributed by atoms with E-state index in [4.69, 9.17) is 5.73 Å². The number of hydrogen-bond donors (Lipinski definition) is 2. The summed E-state index contributed by atoms with van der Waals surface area (Å²) in [4.78, 5) is 15.9. The van der Waals surface area contributed by atoms with Crippen LogP contribution < -0.4 is 11.1 Å². The van der Waals surface area contributed by atoms with Crippen LogP contribution in [0.5, 0.6) is 0 Å². The summed E-state index contributed by atoms with van der Waals surface area (Å²) in [6.45, 7) is 2.56. The number of amides is 1. The van der Waals surface area contributed by atoms with Crippen LogP contribution in [-0.4, -0.2) is 28.5 Å². The van der Waals surface area contributed by atoms with Crippen molar-refractivity contribution >= 4 is 16.9 Å². The van der Waals surface area contributed by atoms with Crippen LogP contribution in [0.1, 0.15) is 12.7 Å². The number of nitrogens with two attached hydrogens (primary N) is 1. The quantitative estimate of drug-likeness (QED) is 0.814. The Kier molecular flexibility index (Phi) is 3.62. The van der Waals surface area contributed by atoms with Crippen molar-refractivity contribution in [3.05, 3.63) is 30.1 Å². The molecule has 0 spiro atoms. The number of carbonyl (C=O) groups excluding carboxylic acids is 1. The topological polar surface area (TPSA) is 72.9 Å². The summed E-state index contributed by atoms with van der Waals surface area (Å²) in [5, 5.41) is 2.93. The number of nitrogens with one attached hydrogen (secondary N) is 1. The predicted molar refractivity (Wildman–Crippen MR) is 71.2 cm³/mol. The monoisotopic (exact) mass is 246 g/mol. The van der Waals surface area contributed by atoms with E-state index in [0.717, 1.165) is 23.3 Å². The molecular formula is C13H18N4O. The fourth-order valence-electron chi connectivity index (χ4n) is 2.11. The van der Waals surface area contributed by atoms with Crippen LogP contribution >= 0.6 is 0 Å². The summed E-state index contributed by atoms with van der Waals surface area (Å²) in [6, 6.07) is 7.54. The third-order valence-corrected chi connectivity index (χ3v) is 3.11. The molecule has 3 N–H and O–H groups in total. The van der Waals surface area contributed by atoms with Crippen molar-refractivity contribution in [2.45, 2.75) is 25.9 Å². The smallest absolute Gasteiger partial charge is 0.236 e. The SMILES string of the molecule is CCc1nc2ccccc2n1CC(NC)C(N)=O. The summed E-state index contributed by atoms with van der Waals surface area (Å²) < 4.78 is 2.06. The first kappa shape index (κ1) is 12.6. The molecular weight excluding hydrogens is 228 g/mol. The molecule has 5 nitrogen and oxygen atoms in total. The van der Waals surface area contributed by atoms with Crippen LogP contribution in [-0.2, 0) is 17.8 Å². The Balaban J connectivity index is 2.44. The first-order chi connectivity index (χ1) is 8.67. The molecule has 18 heavy (non-hydrogen) atoms. The molecule has 1 aromatic carbocycles. The Hall–Kier alpha value is -1.88. The Morgan fingerprint density at radius 2 is 2.22 bits per heavy atom. The van der Waals surface area contributed by atoms with Crippen molar-refractivity contribution in [3.8, 4) is 0 Å². The van der Waals surface area contributed by atoms with Gasteiger partial charge in [-0.2, -0.15) is 0 Å². The maximum absolute atomic E-state index is 11.3. The molecule has 0 aliphatic heterocycles. The summed E-state index contributed by atoms with van der Waals surface area (Å²) >= 11 is 0. The third-order valence-electron chi connectivity index (χ3n) is 3.11. The predicted octanol–water partition coefficient (Wildman–Crippen LogP) is 0.672. The summed E-state index contributed by atoms with van der Waals surface area (Å²) in [5.41, 5.74) is 7.35. The van der Waals surface area contributed by atoms with Gasteiger partial charge in [0.05, 0.1) is 11.0 Å². The second-order valence-electron chi connectivity index (χ2n) is 4.22. The van der Waals surface area contributed by atoms with E-state index < -0.39 is 0 Å². The van der Waals surface area contributed by atoms with Crippen molar-refractivity contribution in [2.75, 3.05) is 7.05 Å². The van der Waals surface area contributed by atoms with Gasteiger partial charge in [-0.05, 0) is 19.2 Å². The molecule has 0 saturated heterocycles. The van der Waals surface area contributed by atoms with E-state index >= 15 is 0 Å². The van der Waals surface area contributed by atoms with Crippen molar-refractivity contribution in [2.24, 2.45) is 5.73 Å². The van der Waals surface area contributed by atoms with Gasteiger partial charge >= 0.3 is 0 Å². The molecule has 96 valence electrons. The van der Waals surface area contributed by atoms with Crippen LogP contribution in [0.4, 0.5) is 0 Å². The maximum atomic E-state index is 11.3. The fourth-order valence-corrected chi connectivity index (χ4v) is 2.11.